The molecule has 0 N–H and O–H groups in total. The molecule has 2 nitrogen and oxygen atoms in total. The van der Waals surface area contributed by atoms with Crippen LogP contribution in [0.5, 0.6) is 5.75 Å². The summed E-state index contributed by atoms with van der Waals surface area (Å²) in [6.45, 7) is 0. The quantitative estimate of drug-likeness (QED) is 0.607. The molecule has 1 unspecified atom stereocenters. The first-order chi connectivity index (χ1) is 9.54. The van der Waals surface area contributed by atoms with Crippen molar-refractivity contribution in [3.05, 3.63) is 61.5 Å². The fourth-order valence-electron chi connectivity index (χ4n) is 2.19. The second kappa shape index (κ2) is 5.51. The number of ketones is 1. The van der Waals surface area contributed by atoms with Gasteiger partial charge in [0.2, 0.25) is 0 Å². The van der Waals surface area contributed by atoms with Crippen LogP contribution in [0.2, 0.25) is 5.02 Å². The van der Waals surface area contributed by atoms with Crippen LogP contribution in [0.25, 0.3) is 0 Å². The van der Waals surface area contributed by atoms with E-state index >= 15 is 0 Å². The van der Waals surface area contributed by atoms with Crippen LogP contribution in [0, 0.1) is 0 Å². The Morgan fingerprint density at radius 1 is 1.10 bits per heavy atom. The van der Waals surface area contributed by atoms with Gasteiger partial charge in [-0.15, -0.1) is 0 Å². The minimum atomic E-state index is -0.263. The van der Waals surface area contributed by atoms with Crippen LogP contribution in [0.4, 0.5) is 0 Å². The normalized spacial score (nSPS) is 17.6. The van der Waals surface area contributed by atoms with Crippen LogP contribution in [0.3, 0.4) is 0 Å². The molecule has 5 heteroatoms. The number of halogens is 3. The maximum absolute atomic E-state index is 12.2. The van der Waals surface area contributed by atoms with Gasteiger partial charge in [-0.2, -0.15) is 0 Å². The van der Waals surface area contributed by atoms with Crippen LogP contribution in [0.15, 0.2) is 45.3 Å². The molecule has 1 heterocycles. The van der Waals surface area contributed by atoms with Crippen LogP contribution in [-0.2, 0) is 0 Å². The summed E-state index contributed by atoms with van der Waals surface area (Å²) in [4.78, 5) is 12.2. The summed E-state index contributed by atoms with van der Waals surface area (Å²) in [6.07, 6.45) is 0.0575. The average molecular weight is 416 g/mol. The molecule has 0 fully saturated rings. The van der Waals surface area contributed by atoms with E-state index in [4.69, 9.17) is 16.3 Å². The Bertz CT molecular complexity index is 700. The van der Waals surface area contributed by atoms with Crippen LogP contribution in [-0.4, -0.2) is 5.78 Å². The molecule has 20 heavy (non-hydrogen) atoms. The van der Waals surface area contributed by atoms with Gasteiger partial charge in [-0.1, -0.05) is 17.7 Å². The highest BCUT2D eigenvalue weighted by atomic mass is 79.9. The molecule has 0 saturated carbocycles. The molecule has 2 aromatic carbocycles. The van der Waals surface area contributed by atoms with Gasteiger partial charge >= 0.3 is 0 Å². The minimum Gasteiger partial charge on any atom is -0.484 e. The Morgan fingerprint density at radius 2 is 1.90 bits per heavy atom. The van der Waals surface area contributed by atoms with Crippen molar-refractivity contribution < 1.29 is 9.53 Å². The van der Waals surface area contributed by atoms with Gasteiger partial charge in [-0.25, -0.2) is 0 Å². The zero-order valence-electron chi connectivity index (χ0n) is 10.2. The van der Waals surface area contributed by atoms with E-state index in [9.17, 15) is 4.79 Å². The fourth-order valence-corrected chi connectivity index (χ4v) is 3.01. The van der Waals surface area contributed by atoms with E-state index in [0.29, 0.717) is 22.8 Å². The molecule has 102 valence electrons. The molecule has 0 aliphatic carbocycles. The zero-order valence-corrected chi connectivity index (χ0v) is 14.1. The lowest BCUT2D eigenvalue weighted by Crippen LogP contribution is -2.20. The first kappa shape index (κ1) is 14.1. The van der Waals surface area contributed by atoms with Gasteiger partial charge in [-0.3, -0.25) is 4.79 Å². The van der Waals surface area contributed by atoms with E-state index in [1.165, 1.54) is 0 Å². The van der Waals surface area contributed by atoms with Crippen LogP contribution < -0.4 is 4.74 Å². The van der Waals surface area contributed by atoms with E-state index in [0.717, 1.165) is 14.5 Å². The first-order valence-corrected chi connectivity index (χ1v) is 7.95. The number of benzene rings is 2. The van der Waals surface area contributed by atoms with E-state index in [1.54, 1.807) is 18.2 Å². The minimum absolute atomic E-state index is 0.0535. The molecule has 0 bridgehead atoms. The highest BCUT2D eigenvalue weighted by Crippen LogP contribution is 2.37. The summed E-state index contributed by atoms with van der Waals surface area (Å²) in [5.74, 6) is 0.646. The monoisotopic (exact) mass is 414 g/mol. The highest BCUT2D eigenvalue weighted by Gasteiger charge is 2.28. The SMILES string of the molecule is O=C1CC(c2ccc(Br)c(Br)c2)Oc2ccc(Cl)cc21. The number of fused-ring (bicyclic) bond motifs is 1. The van der Waals surface area contributed by atoms with E-state index in [2.05, 4.69) is 31.9 Å². The van der Waals surface area contributed by atoms with Crippen molar-refractivity contribution in [1.82, 2.24) is 0 Å². The molecule has 3 rings (SSSR count). The Hall–Kier alpha value is -0.840. The summed E-state index contributed by atoms with van der Waals surface area (Å²) < 4.78 is 7.83. The Morgan fingerprint density at radius 3 is 2.65 bits per heavy atom. The van der Waals surface area contributed by atoms with Crippen molar-refractivity contribution in [2.45, 2.75) is 12.5 Å². The van der Waals surface area contributed by atoms with Crippen molar-refractivity contribution in [2.24, 2.45) is 0 Å². The van der Waals surface area contributed by atoms with E-state index in [1.807, 2.05) is 18.2 Å². The maximum Gasteiger partial charge on any atom is 0.170 e. The summed E-state index contributed by atoms with van der Waals surface area (Å²) in [7, 11) is 0. The third-order valence-corrected chi connectivity index (χ3v) is 5.31. The molecular formula is C15H9Br2ClO2. The lowest BCUT2D eigenvalue weighted by molar-refractivity contribution is 0.0850. The van der Waals surface area contributed by atoms with Crippen LogP contribution >= 0.6 is 43.5 Å². The third kappa shape index (κ3) is 2.65. The topological polar surface area (TPSA) is 26.3 Å². The standard InChI is InChI=1S/C15H9Br2ClO2/c16-11-3-1-8(5-12(11)17)15-7-13(19)10-6-9(18)2-4-14(10)20-15/h1-6,15H,7H2. The van der Waals surface area contributed by atoms with Gasteiger partial charge in [0.25, 0.3) is 0 Å². The summed E-state index contributed by atoms with van der Waals surface area (Å²) in [6, 6.07) is 11.0. The number of carbonyl (C=O) groups is 1. The van der Waals surface area contributed by atoms with Gasteiger partial charge in [0, 0.05) is 14.0 Å². The van der Waals surface area contributed by atoms with E-state index in [-0.39, 0.29) is 11.9 Å². The Labute approximate surface area is 138 Å². The number of ether oxygens (including phenoxy) is 1. The smallest absolute Gasteiger partial charge is 0.170 e. The molecule has 1 atom stereocenters. The van der Waals surface area contributed by atoms with Gasteiger partial charge < -0.3 is 4.74 Å². The van der Waals surface area contributed by atoms with Crippen molar-refractivity contribution in [3.63, 3.8) is 0 Å². The predicted molar refractivity (Wildman–Crippen MR) is 85.6 cm³/mol. The van der Waals surface area contributed by atoms with Crippen molar-refractivity contribution in [1.29, 1.82) is 0 Å². The predicted octanol–water partition coefficient (Wildman–Crippen LogP) is 5.57. The Kier molecular flexibility index (Phi) is 3.89. The summed E-state index contributed by atoms with van der Waals surface area (Å²) in [5, 5.41) is 0.547. The van der Waals surface area contributed by atoms with Crippen molar-refractivity contribution in [3.8, 4) is 5.75 Å². The second-order valence-electron chi connectivity index (χ2n) is 4.55. The molecule has 2 aromatic rings. The molecule has 0 spiro atoms. The molecule has 0 saturated heterocycles. The first-order valence-electron chi connectivity index (χ1n) is 5.99. The summed E-state index contributed by atoms with van der Waals surface area (Å²) >= 11 is 12.8. The summed E-state index contributed by atoms with van der Waals surface area (Å²) in [5.41, 5.74) is 1.53. The highest BCUT2D eigenvalue weighted by molar-refractivity contribution is 9.13. The average Bonchev–Trinajstić information content (AvgIpc) is 2.42. The fraction of sp³-hybridized carbons (Fsp3) is 0.133. The molecule has 0 amide bonds. The lowest BCUT2D eigenvalue weighted by atomic mass is 9.96. The largest absolute Gasteiger partial charge is 0.484 e. The number of hydrogen-bond acceptors (Lipinski definition) is 2. The van der Waals surface area contributed by atoms with Crippen molar-refractivity contribution in [2.75, 3.05) is 0 Å². The zero-order chi connectivity index (χ0) is 14.3. The van der Waals surface area contributed by atoms with Crippen molar-refractivity contribution >= 4 is 49.2 Å². The second-order valence-corrected chi connectivity index (χ2v) is 6.69. The van der Waals surface area contributed by atoms with Crippen LogP contribution in [0.1, 0.15) is 28.4 Å². The molecular weight excluding hydrogens is 407 g/mol. The molecule has 1 aliphatic heterocycles. The lowest BCUT2D eigenvalue weighted by Gasteiger charge is -2.25. The molecule has 0 aromatic heterocycles. The number of carbonyl (C=O) groups excluding carboxylic acids is 1. The van der Waals surface area contributed by atoms with Gasteiger partial charge in [0.05, 0.1) is 12.0 Å². The van der Waals surface area contributed by atoms with Gasteiger partial charge in [0.1, 0.15) is 11.9 Å². The van der Waals surface area contributed by atoms with Gasteiger partial charge in [0.15, 0.2) is 5.78 Å². The molecule has 0 radical (unpaired) electrons. The number of rotatable bonds is 1. The third-order valence-electron chi connectivity index (χ3n) is 3.20. The number of hydrogen-bond donors (Lipinski definition) is 0. The van der Waals surface area contributed by atoms with E-state index < -0.39 is 0 Å². The maximum atomic E-state index is 12.2. The number of Topliss-reactive ketones (excluding diaryl/α,β-unsaturated/α-hetero) is 1. The molecule has 1 aliphatic rings. The Balaban J connectivity index is 1.97. The van der Waals surface area contributed by atoms with Gasteiger partial charge in [-0.05, 0) is 67.8 Å².